The highest BCUT2D eigenvalue weighted by Gasteiger charge is 2.13. The second kappa shape index (κ2) is 7.35. The van der Waals surface area contributed by atoms with Crippen molar-refractivity contribution >= 4 is 38.9 Å². The molecule has 2 aromatic carbocycles. The number of carbonyl (C=O) groups excluding carboxylic acids is 2. The van der Waals surface area contributed by atoms with Gasteiger partial charge in [0.05, 0.1) is 11.9 Å². The number of benzene rings is 2. The van der Waals surface area contributed by atoms with Crippen molar-refractivity contribution in [3.8, 4) is 0 Å². The standard InChI is InChI=1S/C17H19N3O4S/c1-12(21)18-14-6-8-15(9-7-14)19-17(22)13-4-10-16(11-5-13)20(2)25(3,23)24/h4-11H,1-3H3,(H,18,21)(H,19,22). The molecule has 0 saturated carbocycles. The van der Waals surface area contributed by atoms with Gasteiger partial charge in [0.25, 0.3) is 5.91 Å². The molecule has 0 aromatic heterocycles. The Balaban J connectivity index is 2.07. The first-order valence-electron chi connectivity index (χ1n) is 7.40. The van der Waals surface area contributed by atoms with E-state index < -0.39 is 10.0 Å². The predicted molar refractivity (Wildman–Crippen MR) is 98.4 cm³/mol. The quantitative estimate of drug-likeness (QED) is 0.854. The molecular weight excluding hydrogens is 342 g/mol. The van der Waals surface area contributed by atoms with E-state index in [1.54, 1.807) is 48.5 Å². The first kappa shape index (κ1) is 18.5. The number of hydrogen-bond donors (Lipinski definition) is 2. The minimum Gasteiger partial charge on any atom is -0.326 e. The van der Waals surface area contributed by atoms with Gasteiger partial charge in [-0.3, -0.25) is 13.9 Å². The van der Waals surface area contributed by atoms with Crippen LogP contribution in [0, 0.1) is 0 Å². The lowest BCUT2D eigenvalue weighted by Gasteiger charge is -2.16. The molecule has 2 aromatic rings. The number of nitrogens with one attached hydrogen (secondary N) is 2. The molecule has 0 radical (unpaired) electrons. The highest BCUT2D eigenvalue weighted by atomic mass is 32.2. The maximum Gasteiger partial charge on any atom is 0.255 e. The van der Waals surface area contributed by atoms with E-state index in [0.29, 0.717) is 22.6 Å². The average molecular weight is 361 g/mol. The second-order valence-corrected chi connectivity index (χ2v) is 7.50. The van der Waals surface area contributed by atoms with Crippen molar-refractivity contribution in [2.24, 2.45) is 0 Å². The molecule has 2 N–H and O–H groups in total. The van der Waals surface area contributed by atoms with E-state index in [0.717, 1.165) is 10.6 Å². The zero-order valence-electron chi connectivity index (χ0n) is 14.1. The third-order valence-electron chi connectivity index (χ3n) is 3.45. The number of hydrogen-bond acceptors (Lipinski definition) is 4. The second-order valence-electron chi connectivity index (χ2n) is 5.49. The summed E-state index contributed by atoms with van der Waals surface area (Å²) >= 11 is 0. The Morgan fingerprint density at radius 3 is 1.80 bits per heavy atom. The minimum absolute atomic E-state index is 0.170. The molecule has 0 aliphatic rings. The molecule has 0 bridgehead atoms. The zero-order valence-corrected chi connectivity index (χ0v) is 14.9. The fraction of sp³-hybridized carbons (Fsp3) is 0.176. The number of carbonyl (C=O) groups is 2. The van der Waals surface area contributed by atoms with E-state index in [-0.39, 0.29) is 11.8 Å². The highest BCUT2D eigenvalue weighted by molar-refractivity contribution is 7.92. The molecule has 2 amide bonds. The molecule has 0 atom stereocenters. The van der Waals surface area contributed by atoms with Crippen LogP contribution in [-0.2, 0) is 14.8 Å². The van der Waals surface area contributed by atoms with Crippen LogP contribution in [0.2, 0.25) is 0 Å². The van der Waals surface area contributed by atoms with Crippen LogP contribution in [0.15, 0.2) is 48.5 Å². The number of sulfonamides is 1. The van der Waals surface area contributed by atoms with Gasteiger partial charge in [0.1, 0.15) is 0 Å². The largest absolute Gasteiger partial charge is 0.326 e. The van der Waals surface area contributed by atoms with E-state index in [4.69, 9.17) is 0 Å². The molecule has 0 aliphatic carbocycles. The van der Waals surface area contributed by atoms with E-state index in [9.17, 15) is 18.0 Å². The summed E-state index contributed by atoms with van der Waals surface area (Å²) in [6.45, 7) is 1.42. The molecule has 2 rings (SSSR count). The maximum absolute atomic E-state index is 12.2. The van der Waals surface area contributed by atoms with Gasteiger partial charge in [-0.25, -0.2) is 8.42 Å². The van der Waals surface area contributed by atoms with E-state index in [1.165, 1.54) is 14.0 Å². The van der Waals surface area contributed by atoms with Crippen LogP contribution in [0.3, 0.4) is 0 Å². The van der Waals surface area contributed by atoms with Gasteiger partial charge in [-0.2, -0.15) is 0 Å². The Kier molecular flexibility index (Phi) is 5.43. The van der Waals surface area contributed by atoms with Crippen LogP contribution in [0.1, 0.15) is 17.3 Å². The van der Waals surface area contributed by atoms with Gasteiger partial charge < -0.3 is 10.6 Å². The summed E-state index contributed by atoms with van der Waals surface area (Å²) in [5, 5.41) is 5.37. The summed E-state index contributed by atoms with van der Waals surface area (Å²) in [6, 6.07) is 13.0. The molecule has 0 aliphatic heterocycles. The van der Waals surface area contributed by atoms with Crippen molar-refractivity contribution in [1.29, 1.82) is 0 Å². The smallest absolute Gasteiger partial charge is 0.255 e. The van der Waals surface area contributed by atoms with Crippen molar-refractivity contribution in [3.05, 3.63) is 54.1 Å². The van der Waals surface area contributed by atoms with Gasteiger partial charge in [0, 0.05) is 30.9 Å². The van der Waals surface area contributed by atoms with Gasteiger partial charge in [-0.1, -0.05) is 0 Å². The third kappa shape index (κ3) is 5.05. The normalized spacial score (nSPS) is 10.8. The van der Waals surface area contributed by atoms with Crippen LogP contribution < -0.4 is 14.9 Å². The molecule has 25 heavy (non-hydrogen) atoms. The monoisotopic (exact) mass is 361 g/mol. The van der Waals surface area contributed by atoms with E-state index in [2.05, 4.69) is 10.6 Å². The van der Waals surface area contributed by atoms with Crippen LogP contribution >= 0.6 is 0 Å². The van der Waals surface area contributed by atoms with Crippen LogP contribution in [-0.4, -0.2) is 33.5 Å². The van der Waals surface area contributed by atoms with Crippen molar-refractivity contribution in [1.82, 2.24) is 0 Å². The fourth-order valence-corrected chi connectivity index (χ4v) is 2.56. The highest BCUT2D eigenvalue weighted by Crippen LogP contribution is 2.18. The predicted octanol–water partition coefficient (Wildman–Crippen LogP) is 2.29. The fourth-order valence-electron chi connectivity index (χ4n) is 2.06. The lowest BCUT2D eigenvalue weighted by atomic mass is 10.2. The van der Waals surface area contributed by atoms with Crippen molar-refractivity contribution in [2.45, 2.75) is 6.92 Å². The Bertz CT molecular complexity index is 875. The lowest BCUT2D eigenvalue weighted by molar-refractivity contribution is -0.114. The Hall–Kier alpha value is -2.87. The Labute approximate surface area is 146 Å². The van der Waals surface area contributed by atoms with Gasteiger partial charge in [-0.15, -0.1) is 0 Å². The molecular formula is C17H19N3O4S. The first-order valence-corrected chi connectivity index (χ1v) is 9.24. The topological polar surface area (TPSA) is 95.6 Å². The molecule has 0 saturated heterocycles. The summed E-state index contributed by atoms with van der Waals surface area (Å²) < 4.78 is 24.1. The molecule has 132 valence electrons. The van der Waals surface area contributed by atoms with Crippen LogP contribution in [0.5, 0.6) is 0 Å². The Morgan fingerprint density at radius 2 is 1.36 bits per heavy atom. The maximum atomic E-state index is 12.2. The van der Waals surface area contributed by atoms with Crippen LogP contribution in [0.25, 0.3) is 0 Å². The summed E-state index contributed by atoms with van der Waals surface area (Å²) in [4.78, 5) is 23.2. The Morgan fingerprint density at radius 1 is 0.880 bits per heavy atom. The summed E-state index contributed by atoms with van der Waals surface area (Å²) in [6.07, 6.45) is 1.11. The molecule has 8 heteroatoms. The summed E-state index contributed by atoms with van der Waals surface area (Å²) in [5.41, 5.74) is 2.09. The number of amides is 2. The molecule has 0 spiro atoms. The zero-order chi connectivity index (χ0) is 18.6. The van der Waals surface area contributed by atoms with Gasteiger partial charge in [0.15, 0.2) is 0 Å². The minimum atomic E-state index is -3.35. The number of nitrogens with zero attached hydrogens (tertiary/aromatic N) is 1. The average Bonchev–Trinajstić information content (AvgIpc) is 2.55. The summed E-state index contributed by atoms with van der Waals surface area (Å²) in [7, 11) is -1.90. The molecule has 0 fully saturated rings. The van der Waals surface area contributed by atoms with E-state index in [1.807, 2.05) is 0 Å². The summed E-state index contributed by atoms with van der Waals surface area (Å²) in [5.74, 6) is -0.489. The van der Waals surface area contributed by atoms with Crippen molar-refractivity contribution < 1.29 is 18.0 Å². The van der Waals surface area contributed by atoms with E-state index >= 15 is 0 Å². The van der Waals surface area contributed by atoms with Crippen molar-refractivity contribution in [2.75, 3.05) is 28.2 Å². The van der Waals surface area contributed by atoms with Gasteiger partial charge >= 0.3 is 0 Å². The van der Waals surface area contributed by atoms with Crippen LogP contribution in [0.4, 0.5) is 17.1 Å². The molecule has 7 nitrogen and oxygen atoms in total. The van der Waals surface area contributed by atoms with Crippen molar-refractivity contribution in [3.63, 3.8) is 0 Å². The lowest BCUT2D eigenvalue weighted by Crippen LogP contribution is -2.24. The number of anilines is 3. The molecule has 0 heterocycles. The first-order chi connectivity index (χ1) is 11.7. The SMILES string of the molecule is CC(=O)Nc1ccc(NC(=O)c2ccc(N(C)S(C)(=O)=O)cc2)cc1. The number of rotatable bonds is 5. The molecule has 0 unspecified atom stereocenters. The van der Waals surface area contributed by atoms with Gasteiger partial charge in [0.2, 0.25) is 15.9 Å². The van der Waals surface area contributed by atoms with Gasteiger partial charge in [-0.05, 0) is 48.5 Å². The third-order valence-corrected chi connectivity index (χ3v) is 4.66.